The normalized spacial score (nSPS) is 21.7. The first-order valence-electron chi connectivity index (χ1n) is 7.25. The number of rotatable bonds is 6. The minimum atomic E-state index is 0.0734. The zero-order valence-corrected chi connectivity index (χ0v) is 13.5. The van der Waals surface area contributed by atoms with E-state index in [2.05, 4.69) is 21.2 Å². The highest BCUT2D eigenvalue weighted by Crippen LogP contribution is 2.30. The molecule has 1 aromatic carbocycles. The van der Waals surface area contributed by atoms with E-state index in [1.54, 1.807) is 0 Å². The van der Waals surface area contributed by atoms with E-state index in [9.17, 15) is 4.79 Å². The highest BCUT2D eigenvalue weighted by atomic mass is 79.9. The summed E-state index contributed by atoms with van der Waals surface area (Å²) >= 11 is 3.67. The Morgan fingerprint density at radius 3 is 3.00 bits per heavy atom. The van der Waals surface area contributed by atoms with Crippen molar-refractivity contribution >= 4 is 21.8 Å². The van der Waals surface area contributed by atoms with Crippen LogP contribution in [-0.2, 0) is 4.79 Å². The third kappa shape index (κ3) is 4.82. The molecular formula is C16H22BrNO2. The van der Waals surface area contributed by atoms with Gasteiger partial charge in [0, 0.05) is 11.4 Å². The van der Waals surface area contributed by atoms with Gasteiger partial charge < -0.3 is 10.1 Å². The minimum absolute atomic E-state index is 0.0734. The van der Waals surface area contributed by atoms with Gasteiger partial charge in [-0.05, 0) is 43.4 Å². The Bertz CT molecular complexity index is 450. The molecule has 0 aromatic heterocycles. The predicted molar refractivity (Wildman–Crippen MR) is 84.4 cm³/mol. The first-order valence-corrected chi connectivity index (χ1v) is 8.17. The van der Waals surface area contributed by atoms with E-state index in [1.165, 1.54) is 19.3 Å². The summed E-state index contributed by atoms with van der Waals surface area (Å²) in [5.74, 6) is 1.48. The number of amides is 1. The molecule has 2 atom stereocenters. The summed E-state index contributed by atoms with van der Waals surface area (Å²) in [6.45, 7) is 3.23. The molecule has 1 amide bonds. The minimum Gasteiger partial charge on any atom is -0.493 e. The number of carbonyl (C=O) groups excluding carboxylic acids is 1. The molecule has 2 rings (SSSR count). The lowest BCUT2D eigenvalue weighted by Crippen LogP contribution is -2.31. The first-order chi connectivity index (χ1) is 9.65. The van der Waals surface area contributed by atoms with E-state index in [1.807, 2.05) is 31.2 Å². The Balaban J connectivity index is 1.63. The largest absolute Gasteiger partial charge is 0.493 e. The number of ether oxygens (including phenoxy) is 1. The van der Waals surface area contributed by atoms with Gasteiger partial charge in [0.05, 0.1) is 13.0 Å². The third-order valence-electron chi connectivity index (χ3n) is 3.72. The van der Waals surface area contributed by atoms with Gasteiger partial charge in [-0.2, -0.15) is 0 Å². The van der Waals surface area contributed by atoms with Crippen molar-refractivity contribution in [2.75, 3.05) is 13.2 Å². The zero-order chi connectivity index (χ0) is 14.4. The summed E-state index contributed by atoms with van der Waals surface area (Å²) in [4.78, 5) is 12.3. The second kappa shape index (κ2) is 7.67. The van der Waals surface area contributed by atoms with Crippen molar-refractivity contribution in [2.24, 2.45) is 5.92 Å². The fourth-order valence-electron chi connectivity index (χ4n) is 2.52. The van der Waals surface area contributed by atoms with Gasteiger partial charge in [-0.15, -0.1) is 0 Å². The number of aryl methyl sites for hydroxylation is 1. The molecule has 0 saturated heterocycles. The van der Waals surface area contributed by atoms with Crippen molar-refractivity contribution in [1.29, 1.82) is 0 Å². The predicted octanol–water partition coefficient (Wildman–Crippen LogP) is 3.44. The number of alkyl halides is 1. The third-order valence-corrected chi connectivity index (χ3v) is 4.92. The molecule has 1 N–H and O–H groups in total. The number of hydrogen-bond donors (Lipinski definition) is 1. The lowest BCUT2D eigenvalue weighted by Gasteiger charge is -2.14. The Labute approximate surface area is 129 Å². The lowest BCUT2D eigenvalue weighted by molar-refractivity contribution is -0.121. The molecule has 1 saturated carbocycles. The topological polar surface area (TPSA) is 38.3 Å². The molecule has 0 spiro atoms. The van der Waals surface area contributed by atoms with E-state index < -0.39 is 0 Å². The highest BCUT2D eigenvalue weighted by molar-refractivity contribution is 9.09. The maximum atomic E-state index is 11.8. The maximum absolute atomic E-state index is 11.8. The van der Waals surface area contributed by atoms with Crippen molar-refractivity contribution in [3.05, 3.63) is 29.8 Å². The van der Waals surface area contributed by atoms with Crippen LogP contribution in [0.25, 0.3) is 0 Å². The fourth-order valence-corrected chi connectivity index (χ4v) is 3.30. The van der Waals surface area contributed by atoms with Gasteiger partial charge in [-0.1, -0.05) is 34.5 Å². The molecule has 1 fully saturated rings. The van der Waals surface area contributed by atoms with E-state index in [-0.39, 0.29) is 5.91 Å². The Morgan fingerprint density at radius 1 is 1.45 bits per heavy atom. The standard InChI is InChI=1S/C16H22BrNO2/c1-12-4-2-6-14(10-12)20-9-8-16(19)18-11-13-5-3-7-15(13)17/h2,4,6,10,13,15H,3,5,7-9,11H2,1H3,(H,18,19). The summed E-state index contributed by atoms with van der Waals surface area (Å²) in [6.07, 6.45) is 4.09. The van der Waals surface area contributed by atoms with Crippen LogP contribution in [0.15, 0.2) is 24.3 Å². The molecule has 1 aromatic rings. The van der Waals surface area contributed by atoms with E-state index >= 15 is 0 Å². The first kappa shape index (κ1) is 15.4. The van der Waals surface area contributed by atoms with Crippen molar-refractivity contribution < 1.29 is 9.53 Å². The van der Waals surface area contributed by atoms with Gasteiger partial charge in [-0.3, -0.25) is 4.79 Å². The molecule has 0 bridgehead atoms. The van der Waals surface area contributed by atoms with Gasteiger partial charge in [0.25, 0.3) is 0 Å². The van der Waals surface area contributed by atoms with Crippen LogP contribution in [0.4, 0.5) is 0 Å². The molecule has 0 radical (unpaired) electrons. The average Bonchev–Trinajstić information content (AvgIpc) is 2.82. The Hall–Kier alpha value is -1.03. The lowest BCUT2D eigenvalue weighted by atomic mass is 10.1. The molecule has 0 heterocycles. The van der Waals surface area contributed by atoms with Crippen LogP contribution in [0.1, 0.15) is 31.2 Å². The van der Waals surface area contributed by atoms with E-state index in [0.717, 1.165) is 17.9 Å². The van der Waals surface area contributed by atoms with Crippen LogP contribution in [-0.4, -0.2) is 23.9 Å². The van der Waals surface area contributed by atoms with Crippen LogP contribution >= 0.6 is 15.9 Å². The van der Waals surface area contributed by atoms with Crippen molar-refractivity contribution in [3.63, 3.8) is 0 Å². The Morgan fingerprint density at radius 2 is 2.30 bits per heavy atom. The molecule has 4 heteroatoms. The fraction of sp³-hybridized carbons (Fsp3) is 0.562. The molecule has 20 heavy (non-hydrogen) atoms. The van der Waals surface area contributed by atoms with E-state index in [0.29, 0.717) is 23.8 Å². The summed E-state index contributed by atoms with van der Waals surface area (Å²) in [5, 5.41) is 3.00. The quantitative estimate of drug-likeness (QED) is 0.806. The summed E-state index contributed by atoms with van der Waals surface area (Å²) in [7, 11) is 0. The van der Waals surface area contributed by atoms with Crippen LogP contribution in [0.2, 0.25) is 0 Å². The molecule has 0 aliphatic heterocycles. The van der Waals surface area contributed by atoms with Gasteiger partial charge in [-0.25, -0.2) is 0 Å². The van der Waals surface area contributed by atoms with Crippen LogP contribution in [0.3, 0.4) is 0 Å². The van der Waals surface area contributed by atoms with Gasteiger partial charge in [0.15, 0.2) is 0 Å². The van der Waals surface area contributed by atoms with Gasteiger partial charge >= 0.3 is 0 Å². The van der Waals surface area contributed by atoms with Crippen molar-refractivity contribution in [3.8, 4) is 5.75 Å². The second-order valence-corrected chi connectivity index (χ2v) is 6.60. The number of carbonyl (C=O) groups is 1. The van der Waals surface area contributed by atoms with Crippen LogP contribution in [0, 0.1) is 12.8 Å². The van der Waals surface area contributed by atoms with Crippen molar-refractivity contribution in [1.82, 2.24) is 5.32 Å². The van der Waals surface area contributed by atoms with Crippen molar-refractivity contribution in [2.45, 2.75) is 37.4 Å². The van der Waals surface area contributed by atoms with Crippen LogP contribution < -0.4 is 10.1 Å². The number of hydrogen-bond acceptors (Lipinski definition) is 2. The summed E-state index contributed by atoms with van der Waals surface area (Å²) < 4.78 is 5.58. The molecule has 110 valence electrons. The number of halogens is 1. The summed E-state index contributed by atoms with van der Waals surface area (Å²) in [5.41, 5.74) is 1.16. The molecule has 3 nitrogen and oxygen atoms in total. The Kier molecular flexibility index (Phi) is 5.89. The average molecular weight is 340 g/mol. The van der Waals surface area contributed by atoms with Gasteiger partial charge in [0.2, 0.25) is 5.91 Å². The maximum Gasteiger partial charge on any atom is 0.223 e. The summed E-state index contributed by atoms with van der Waals surface area (Å²) in [6, 6.07) is 7.88. The molecule has 2 unspecified atom stereocenters. The second-order valence-electron chi connectivity index (χ2n) is 5.43. The van der Waals surface area contributed by atoms with Gasteiger partial charge in [0.1, 0.15) is 5.75 Å². The number of benzene rings is 1. The highest BCUT2D eigenvalue weighted by Gasteiger charge is 2.24. The monoisotopic (exact) mass is 339 g/mol. The number of nitrogens with one attached hydrogen (secondary N) is 1. The zero-order valence-electron chi connectivity index (χ0n) is 11.9. The van der Waals surface area contributed by atoms with Crippen LogP contribution in [0.5, 0.6) is 5.75 Å². The molecule has 1 aliphatic carbocycles. The molecular weight excluding hydrogens is 318 g/mol. The SMILES string of the molecule is Cc1cccc(OCCC(=O)NCC2CCCC2Br)c1. The van der Waals surface area contributed by atoms with E-state index in [4.69, 9.17) is 4.74 Å². The smallest absolute Gasteiger partial charge is 0.223 e. The molecule has 1 aliphatic rings.